The molecule has 2 aromatic carbocycles. The van der Waals surface area contributed by atoms with Crippen molar-refractivity contribution in [3.8, 4) is 11.3 Å². The number of nitrogens with zero attached hydrogens (tertiary/aromatic N) is 2. The third kappa shape index (κ3) is 3.88. The molecule has 7 heteroatoms. The molecule has 128 valence electrons. The first-order chi connectivity index (χ1) is 12.7. The van der Waals surface area contributed by atoms with Gasteiger partial charge < -0.3 is 5.32 Å². The Balaban J connectivity index is 1.53. The highest BCUT2D eigenvalue weighted by atomic mass is 35.5. The summed E-state index contributed by atoms with van der Waals surface area (Å²) < 4.78 is 0. The number of halogens is 1. The van der Waals surface area contributed by atoms with Crippen LogP contribution in [0.4, 0.5) is 5.13 Å². The van der Waals surface area contributed by atoms with Gasteiger partial charge in [0.1, 0.15) is 0 Å². The largest absolute Gasteiger partial charge is 0.300 e. The standard InChI is InChI=1S/C19H12ClN3OS2/c20-14-8-6-12(7-9-14)10-16-17(24)22-19(26-16)23-18-21-15(11-25-18)13-4-2-1-3-5-13/h1-11H,(H,21,22,23,24)/b16-10+. The number of carbonyl (C=O) groups is 1. The summed E-state index contributed by atoms with van der Waals surface area (Å²) in [6, 6.07) is 17.2. The highest BCUT2D eigenvalue weighted by Gasteiger charge is 2.24. The lowest BCUT2D eigenvalue weighted by molar-refractivity contribution is -0.115. The number of nitrogens with one attached hydrogen (secondary N) is 1. The SMILES string of the molecule is O=C1N/C(=N\c2nc(-c3ccccc3)cs2)S/C1=C/c1ccc(Cl)cc1. The van der Waals surface area contributed by atoms with E-state index in [1.54, 1.807) is 12.1 Å². The van der Waals surface area contributed by atoms with Crippen LogP contribution in [-0.4, -0.2) is 16.1 Å². The van der Waals surface area contributed by atoms with Crippen molar-refractivity contribution < 1.29 is 4.79 Å². The van der Waals surface area contributed by atoms with Gasteiger partial charge in [-0.1, -0.05) is 54.1 Å². The molecule has 0 bridgehead atoms. The second-order valence-electron chi connectivity index (χ2n) is 5.41. The first-order valence-corrected chi connectivity index (χ1v) is 9.81. The number of aromatic nitrogens is 1. The Labute approximate surface area is 163 Å². The lowest BCUT2D eigenvalue weighted by Gasteiger charge is -1.95. The minimum Gasteiger partial charge on any atom is -0.300 e. The van der Waals surface area contributed by atoms with E-state index in [2.05, 4.69) is 15.3 Å². The third-order valence-electron chi connectivity index (χ3n) is 3.58. The van der Waals surface area contributed by atoms with Crippen LogP contribution in [-0.2, 0) is 4.79 Å². The molecule has 3 aromatic rings. The van der Waals surface area contributed by atoms with Crippen molar-refractivity contribution in [2.75, 3.05) is 0 Å². The van der Waals surface area contributed by atoms with Crippen molar-refractivity contribution in [3.63, 3.8) is 0 Å². The Kier molecular flexibility index (Phi) is 4.88. The van der Waals surface area contributed by atoms with E-state index >= 15 is 0 Å². The van der Waals surface area contributed by atoms with Crippen LogP contribution >= 0.6 is 34.7 Å². The van der Waals surface area contributed by atoms with Gasteiger partial charge in [-0.15, -0.1) is 11.3 Å². The minimum atomic E-state index is -0.163. The Bertz CT molecular complexity index is 1010. The number of thioether (sulfide) groups is 1. The predicted molar refractivity (Wildman–Crippen MR) is 110 cm³/mol. The van der Waals surface area contributed by atoms with E-state index in [-0.39, 0.29) is 5.91 Å². The highest BCUT2D eigenvalue weighted by molar-refractivity contribution is 8.18. The van der Waals surface area contributed by atoms with Crippen molar-refractivity contribution in [2.24, 2.45) is 4.99 Å². The summed E-state index contributed by atoms with van der Waals surface area (Å²) >= 11 is 8.63. The molecule has 1 saturated heterocycles. The molecule has 0 aliphatic carbocycles. The molecule has 4 nitrogen and oxygen atoms in total. The highest BCUT2D eigenvalue weighted by Crippen LogP contribution is 2.31. The zero-order valence-electron chi connectivity index (χ0n) is 13.3. The van der Waals surface area contributed by atoms with Gasteiger partial charge in [0.25, 0.3) is 5.91 Å². The lowest BCUT2D eigenvalue weighted by Crippen LogP contribution is -2.19. The van der Waals surface area contributed by atoms with Gasteiger partial charge in [0.2, 0.25) is 5.13 Å². The maximum Gasteiger partial charge on any atom is 0.264 e. The zero-order chi connectivity index (χ0) is 17.9. The van der Waals surface area contributed by atoms with Gasteiger partial charge in [0, 0.05) is 16.0 Å². The fourth-order valence-corrected chi connectivity index (χ4v) is 4.04. The summed E-state index contributed by atoms with van der Waals surface area (Å²) in [4.78, 5) is 21.7. The molecule has 1 aliphatic rings. The van der Waals surface area contributed by atoms with Crippen molar-refractivity contribution in [2.45, 2.75) is 0 Å². The van der Waals surface area contributed by atoms with Crippen LogP contribution in [0.2, 0.25) is 5.02 Å². The minimum absolute atomic E-state index is 0.163. The van der Waals surface area contributed by atoms with Gasteiger partial charge >= 0.3 is 0 Å². The number of carbonyl (C=O) groups excluding carboxylic acids is 1. The molecule has 1 aromatic heterocycles. The quantitative estimate of drug-likeness (QED) is 0.605. The molecule has 26 heavy (non-hydrogen) atoms. The van der Waals surface area contributed by atoms with Gasteiger partial charge in [0.05, 0.1) is 10.6 Å². The van der Waals surface area contributed by atoms with Crippen molar-refractivity contribution in [1.82, 2.24) is 10.3 Å². The second kappa shape index (κ2) is 7.45. The number of rotatable bonds is 3. The maximum atomic E-state index is 12.1. The molecule has 1 aliphatic heterocycles. The van der Waals surface area contributed by atoms with E-state index < -0.39 is 0 Å². The Morgan fingerprint density at radius 2 is 1.85 bits per heavy atom. The molecular formula is C19H12ClN3OS2. The van der Waals surface area contributed by atoms with E-state index in [1.807, 2.05) is 53.9 Å². The molecule has 2 heterocycles. The van der Waals surface area contributed by atoms with E-state index in [1.165, 1.54) is 23.1 Å². The number of hydrogen-bond donors (Lipinski definition) is 1. The number of thiazole rings is 1. The predicted octanol–water partition coefficient (Wildman–Crippen LogP) is 5.36. The average molecular weight is 398 g/mol. The van der Waals surface area contributed by atoms with Crippen molar-refractivity contribution in [1.29, 1.82) is 0 Å². The van der Waals surface area contributed by atoms with E-state index in [0.717, 1.165) is 16.8 Å². The van der Waals surface area contributed by atoms with Crippen LogP contribution in [0.5, 0.6) is 0 Å². The molecule has 0 radical (unpaired) electrons. The first kappa shape index (κ1) is 17.0. The molecule has 0 atom stereocenters. The normalized spacial score (nSPS) is 17.0. The van der Waals surface area contributed by atoms with E-state index in [0.29, 0.717) is 20.2 Å². The monoisotopic (exact) mass is 397 g/mol. The van der Waals surface area contributed by atoms with Crippen LogP contribution < -0.4 is 5.32 Å². The van der Waals surface area contributed by atoms with Crippen LogP contribution in [0.1, 0.15) is 5.56 Å². The van der Waals surface area contributed by atoms with Crippen LogP contribution in [0.25, 0.3) is 17.3 Å². The number of amidine groups is 1. The second-order valence-corrected chi connectivity index (χ2v) is 7.72. The number of amides is 1. The zero-order valence-corrected chi connectivity index (χ0v) is 15.7. The summed E-state index contributed by atoms with van der Waals surface area (Å²) in [7, 11) is 0. The Hall–Kier alpha value is -2.41. The van der Waals surface area contributed by atoms with Crippen molar-refractivity contribution >= 4 is 57.0 Å². The van der Waals surface area contributed by atoms with Gasteiger partial charge in [-0.3, -0.25) is 4.79 Å². The van der Waals surface area contributed by atoms with E-state index in [9.17, 15) is 4.79 Å². The molecular weight excluding hydrogens is 386 g/mol. The number of hydrogen-bond acceptors (Lipinski definition) is 5. The van der Waals surface area contributed by atoms with E-state index in [4.69, 9.17) is 11.6 Å². The summed E-state index contributed by atoms with van der Waals surface area (Å²) in [5.74, 6) is -0.163. The average Bonchev–Trinajstić information content (AvgIpc) is 3.25. The molecule has 1 N–H and O–H groups in total. The fraction of sp³-hybridized carbons (Fsp3) is 0. The summed E-state index contributed by atoms with van der Waals surface area (Å²) in [5, 5.41) is 6.54. The van der Waals surface area contributed by atoms with Gasteiger partial charge in [-0.05, 0) is 35.5 Å². The smallest absolute Gasteiger partial charge is 0.264 e. The lowest BCUT2D eigenvalue weighted by atomic mass is 10.2. The Morgan fingerprint density at radius 3 is 2.62 bits per heavy atom. The number of aliphatic imine (C=N–C) groups is 1. The molecule has 1 amide bonds. The topological polar surface area (TPSA) is 54.4 Å². The Morgan fingerprint density at radius 1 is 1.08 bits per heavy atom. The fourth-order valence-electron chi connectivity index (χ4n) is 2.33. The summed E-state index contributed by atoms with van der Waals surface area (Å²) in [6.45, 7) is 0. The van der Waals surface area contributed by atoms with Crippen LogP contribution in [0, 0.1) is 0 Å². The molecule has 1 fully saturated rings. The first-order valence-electron chi connectivity index (χ1n) is 7.73. The maximum absolute atomic E-state index is 12.1. The number of benzene rings is 2. The van der Waals surface area contributed by atoms with Crippen LogP contribution in [0.3, 0.4) is 0 Å². The van der Waals surface area contributed by atoms with Gasteiger partial charge in [-0.25, -0.2) is 4.98 Å². The summed E-state index contributed by atoms with van der Waals surface area (Å²) in [5.41, 5.74) is 2.83. The van der Waals surface area contributed by atoms with Gasteiger partial charge in [-0.2, -0.15) is 4.99 Å². The molecule has 0 spiro atoms. The molecule has 0 saturated carbocycles. The third-order valence-corrected chi connectivity index (χ3v) is 5.47. The molecule has 4 rings (SSSR count). The van der Waals surface area contributed by atoms with Gasteiger partial charge in [0.15, 0.2) is 5.17 Å². The molecule has 0 unspecified atom stereocenters. The van der Waals surface area contributed by atoms with Crippen molar-refractivity contribution in [3.05, 3.63) is 75.5 Å². The van der Waals surface area contributed by atoms with Crippen LogP contribution in [0.15, 0.2) is 69.9 Å². The summed E-state index contributed by atoms with van der Waals surface area (Å²) in [6.07, 6.45) is 1.82.